The van der Waals surface area contributed by atoms with Crippen LogP contribution in [-0.4, -0.2) is 77.0 Å². The number of nitrogens with one attached hydrogen (secondary N) is 2. The molecule has 0 radical (unpaired) electrons. The van der Waals surface area contributed by atoms with Gasteiger partial charge >= 0.3 is 12.2 Å². The number of hydrogen-bond acceptors (Lipinski definition) is 9. The Kier molecular flexibility index (Phi) is 7.89. The average molecular weight is 626 g/mol. The van der Waals surface area contributed by atoms with Gasteiger partial charge in [0.25, 0.3) is 0 Å². The van der Waals surface area contributed by atoms with Crippen molar-refractivity contribution in [2.45, 2.75) is 63.5 Å². The maximum absolute atomic E-state index is 16.5. The molecule has 0 spiro atoms. The molecule has 0 amide bonds. The maximum Gasteiger partial charge on any atom is 0.417 e. The minimum atomic E-state index is -5.07. The lowest BCUT2D eigenvalue weighted by molar-refractivity contribution is -0.137. The number of ether oxygens (including phenoxy) is 2. The predicted molar refractivity (Wildman–Crippen MR) is 151 cm³/mol. The largest absolute Gasteiger partial charge is 0.474 e. The molecule has 2 aromatic heterocycles. The fourth-order valence-corrected chi connectivity index (χ4v) is 6.54. The van der Waals surface area contributed by atoms with Gasteiger partial charge in [-0.2, -0.15) is 23.1 Å². The Morgan fingerprint density at radius 3 is 2.73 bits per heavy atom. The number of nitrogens with zero attached hydrogens (tertiary/aromatic N) is 4. The summed E-state index contributed by atoms with van der Waals surface area (Å²) in [7, 11) is 0. The first-order chi connectivity index (χ1) is 20.9. The molecule has 1 aromatic carbocycles. The number of hydrogen-bond donors (Lipinski definition) is 3. The maximum atomic E-state index is 16.5. The number of halogens is 6. The Bertz CT molecular complexity index is 1590. The van der Waals surface area contributed by atoms with Gasteiger partial charge in [0, 0.05) is 31.6 Å². The standard InChI is InChI=1S/C29H33F6N7O2/c1-14-4-6-37-7-8-38-25-19-24(40-27(41-25)43-13-28-5-3-9-42(28)12-16(30)11-28)22(32)23(39-26(19)44-14)17-10-18(36)21(31)15(2)20(17)29(33,34)35/h10,14,16,37H,3-9,11-13,36H2,1-2H3,(H,38,40,41)/t14-,16+,28?/m0/s1. The number of anilines is 2. The van der Waals surface area contributed by atoms with E-state index in [4.69, 9.17) is 15.2 Å². The van der Waals surface area contributed by atoms with E-state index in [2.05, 4.69) is 25.6 Å². The zero-order valence-electron chi connectivity index (χ0n) is 24.3. The van der Waals surface area contributed by atoms with Gasteiger partial charge < -0.3 is 25.8 Å². The normalized spacial score (nSPS) is 24.5. The number of alkyl halides is 4. The van der Waals surface area contributed by atoms with Crippen LogP contribution in [0.3, 0.4) is 0 Å². The minimum Gasteiger partial charge on any atom is -0.474 e. The van der Waals surface area contributed by atoms with Gasteiger partial charge in [-0.25, -0.2) is 18.2 Å². The second kappa shape index (κ2) is 11.4. The number of fused-ring (bicyclic) bond motifs is 1. The molecule has 3 atom stereocenters. The summed E-state index contributed by atoms with van der Waals surface area (Å²) >= 11 is 0. The summed E-state index contributed by atoms with van der Waals surface area (Å²) in [5.74, 6) is -2.57. The van der Waals surface area contributed by atoms with Crippen molar-refractivity contribution in [2.24, 2.45) is 0 Å². The second-order valence-corrected chi connectivity index (χ2v) is 11.7. The smallest absolute Gasteiger partial charge is 0.417 e. The van der Waals surface area contributed by atoms with E-state index in [-0.39, 0.29) is 36.1 Å². The summed E-state index contributed by atoms with van der Waals surface area (Å²) in [5, 5.41) is 6.36. The fraction of sp³-hybridized carbons (Fsp3) is 0.552. The Labute approximate surface area is 249 Å². The molecule has 3 aliphatic heterocycles. The van der Waals surface area contributed by atoms with Gasteiger partial charge in [-0.3, -0.25) is 4.90 Å². The van der Waals surface area contributed by atoms with E-state index in [9.17, 15) is 22.0 Å². The van der Waals surface area contributed by atoms with Gasteiger partial charge in [-0.05, 0) is 57.8 Å². The molecule has 9 nitrogen and oxygen atoms in total. The van der Waals surface area contributed by atoms with E-state index >= 15 is 4.39 Å². The molecule has 44 heavy (non-hydrogen) atoms. The molecular formula is C29H33F6N7O2. The van der Waals surface area contributed by atoms with Gasteiger partial charge in [0.05, 0.1) is 22.9 Å². The van der Waals surface area contributed by atoms with Crippen molar-refractivity contribution in [3.05, 3.63) is 28.8 Å². The summed E-state index contributed by atoms with van der Waals surface area (Å²) < 4.78 is 100. The number of rotatable bonds is 4. The topological polar surface area (TPSA) is 110 Å². The minimum absolute atomic E-state index is 0.0121. The molecule has 3 aliphatic rings. The number of aromatic nitrogens is 3. The van der Waals surface area contributed by atoms with Crippen molar-refractivity contribution >= 4 is 22.4 Å². The third kappa shape index (κ3) is 5.44. The molecule has 238 valence electrons. The zero-order valence-corrected chi connectivity index (χ0v) is 24.3. The van der Waals surface area contributed by atoms with E-state index in [1.165, 1.54) is 0 Å². The third-order valence-corrected chi connectivity index (χ3v) is 8.66. The highest BCUT2D eigenvalue weighted by Crippen LogP contribution is 2.45. The second-order valence-electron chi connectivity index (χ2n) is 11.7. The molecule has 0 saturated carbocycles. The van der Waals surface area contributed by atoms with Crippen LogP contribution in [0.15, 0.2) is 6.07 Å². The molecule has 0 bridgehead atoms. The van der Waals surface area contributed by atoms with Gasteiger partial charge in [0.15, 0.2) is 5.82 Å². The summed E-state index contributed by atoms with van der Waals surface area (Å²) in [6.07, 6.45) is -4.18. The van der Waals surface area contributed by atoms with Gasteiger partial charge in [-0.15, -0.1) is 0 Å². The highest BCUT2D eigenvalue weighted by Gasteiger charge is 2.49. The lowest BCUT2D eigenvalue weighted by atomic mass is 9.95. The molecule has 3 aromatic rings. The lowest BCUT2D eigenvalue weighted by Crippen LogP contribution is -2.43. The monoisotopic (exact) mass is 625 g/mol. The SMILES string of the molecule is Cc1c(F)c(N)cc(-c2nc3c4c(nc(OCC56CCCN5C[C@H](F)C6)nc4c2F)NCCNCC[C@H](C)O3)c1C(F)(F)F. The van der Waals surface area contributed by atoms with Crippen molar-refractivity contribution in [1.82, 2.24) is 25.2 Å². The van der Waals surface area contributed by atoms with Crippen molar-refractivity contribution in [3.8, 4) is 23.1 Å². The summed E-state index contributed by atoms with van der Waals surface area (Å²) in [5.41, 5.74) is 0.442. The fourth-order valence-electron chi connectivity index (χ4n) is 6.54. The van der Waals surface area contributed by atoms with Crippen LogP contribution >= 0.6 is 0 Å². The number of benzene rings is 1. The van der Waals surface area contributed by atoms with Gasteiger partial charge in [-0.1, -0.05) is 0 Å². The lowest BCUT2D eigenvalue weighted by Gasteiger charge is -2.30. The average Bonchev–Trinajstić information content (AvgIpc) is 3.47. The predicted octanol–water partition coefficient (Wildman–Crippen LogP) is 5.01. The highest BCUT2D eigenvalue weighted by atomic mass is 19.4. The van der Waals surface area contributed by atoms with Crippen LogP contribution in [0.5, 0.6) is 11.9 Å². The first-order valence-electron chi connectivity index (χ1n) is 14.6. The molecule has 1 unspecified atom stereocenters. The summed E-state index contributed by atoms with van der Waals surface area (Å²) in [6.45, 7) is 5.19. The quantitative estimate of drug-likeness (QED) is 0.272. The van der Waals surface area contributed by atoms with Crippen molar-refractivity contribution in [3.63, 3.8) is 0 Å². The molecule has 2 saturated heterocycles. The molecular weight excluding hydrogens is 592 g/mol. The molecule has 5 heterocycles. The molecule has 15 heteroatoms. The van der Waals surface area contributed by atoms with Gasteiger partial charge in [0.1, 0.15) is 41.0 Å². The van der Waals surface area contributed by atoms with E-state index in [1.54, 1.807) is 6.92 Å². The van der Waals surface area contributed by atoms with E-state index in [0.29, 0.717) is 45.1 Å². The highest BCUT2D eigenvalue weighted by molar-refractivity contribution is 5.96. The van der Waals surface area contributed by atoms with Crippen molar-refractivity contribution < 1.29 is 35.8 Å². The Morgan fingerprint density at radius 1 is 1.16 bits per heavy atom. The van der Waals surface area contributed by atoms with Crippen LogP contribution < -0.4 is 25.8 Å². The van der Waals surface area contributed by atoms with Crippen LogP contribution in [0.4, 0.5) is 37.8 Å². The van der Waals surface area contributed by atoms with Crippen LogP contribution in [0.25, 0.3) is 22.2 Å². The van der Waals surface area contributed by atoms with Gasteiger partial charge in [0.2, 0.25) is 5.88 Å². The van der Waals surface area contributed by atoms with Crippen LogP contribution in [0.2, 0.25) is 0 Å². The molecule has 2 fully saturated rings. The summed E-state index contributed by atoms with van der Waals surface area (Å²) in [6, 6.07) is 0.472. The number of nitrogens with two attached hydrogens (primary N) is 1. The van der Waals surface area contributed by atoms with Crippen LogP contribution in [0, 0.1) is 18.6 Å². The van der Waals surface area contributed by atoms with Crippen molar-refractivity contribution in [1.29, 1.82) is 0 Å². The van der Waals surface area contributed by atoms with E-state index in [1.807, 2.05) is 4.90 Å². The van der Waals surface area contributed by atoms with Crippen molar-refractivity contribution in [2.75, 3.05) is 50.4 Å². The Balaban J connectivity index is 1.54. The number of pyridine rings is 1. The molecule has 6 rings (SSSR count). The first-order valence-corrected chi connectivity index (χ1v) is 14.6. The summed E-state index contributed by atoms with van der Waals surface area (Å²) in [4.78, 5) is 15.0. The Morgan fingerprint density at radius 2 is 1.95 bits per heavy atom. The third-order valence-electron chi connectivity index (χ3n) is 8.66. The molecule has 0 aliphatic carbocycles. The van der Waals surface area contributed by atoms with E-state index < -0.39 is 69.2 Å². The Hall–Kier alpha value is -3.59. The number of nitrogen functional groups attached to an aromatic ring is 1. The zero-order chi connectivity index (χ0) is 31.4. The molecule has 4 N–H and O–H groups in total. The van der Waals surface area contributed by atoms with Crippen LogP contribution in [0.1, 0.15) is 43.7 Å². The first kappa shape index (κ1) is 30.4. The van der Waals surface area contributed by atoms with E-state index in [0.717, 1.165) is 19.9 Å². The van der Waals surface area contributed by atoms with Crippen LogP contribution in [-0.2, 0) is 6.18 Å².